The highest BCUT2D eigenvalue weighted by Crippen LogP contribution is 2.27. The Labute approximate surface area is 202 Å². The summed E-state index contributed by atoms with van der Waals surface area (Å²) in [6, 6.07) is 28.1. The molecule has 0 saturated heterocycles. The van der Waals surface area contributed by atoms with Gasteiger partial charge in [-0.05, 0) is 29.1 Å². The molecule has 7 heteroatoms. The van der Waals surface area contributed by atoms with Crippen molar-refractivity contribution in [3.8, 4) is 17.1 Å². The topological polar surface area (TPSA) is 73.1 Å². The lowest BCUT2D eigenvalue weighted by Crippen LogP contribution is -2.20. The maximum atomic E-state index is 10.6. The number of hydrogen-bond acceptors (Lipinski definition) is 6. The van der Waals surface area contributed by atoms with Gasteiger partial charge in [-0.25, -0.2) is 0 Å². The average Bonchev–Trinajstić information content (AvgIpc) is 3.29. The molecule has 5 aromatic rings. The van der Waals surface area contributed by atoms with Gasteiger partial charge in [0.05, 0.1) is 12.6 Å². The molecule has 0 aliphatic rings. The van der Waals surface area contributed by atoms with Crippen LogP contribution in [0.15, 0.2) is 102 Å². The van der Waals surface area contributed by atoms with E-state index in [1.807, 2.05) is 72.8 Å². The Morgan fingerprint density at radius 3 is 2.56 bits per heavy atom. The number of aliphatic hydroxyl groups excluding tert-OH is 1. The normalized spacial score (nSPS) is 12.0. The molecule has 1 atom stereocenters. The molecular formula is C27H24N4O2S. The number of fused-ring (bicyclic) bond motifs is 1. The molecule has 6 nitrogen and oxygen atoms in total. The summed E-state index contributed by atoms with van der Waals surface area (Å²) in [6.45, 7) is 0.826. The van der Waals surface area contributed by atoms with Gasteiger partial charge < -0.3 is 9.84 Å². The molecule has 1 N–H and O–H groups in total. The summed E-state index contributed by atoms with van der Waals surface area (Å²) in [5.74, 6) is 1.96. The lowest BCUT2D eigenvalue weighted by Gasteiger charge is -2.14. The number of aliphatic hydroxyl groups is 1. The van der Waals surface area contributed by atoms with Crippen molar-refractivity contribution in [1.29, 1.82) is 0 Å². The largest absolute Gasteiger partial charge is 0.490 e. The van der Waals surface area contributed by atoms with Gasteiger partial charge in [0.1, 0.15) is 12.4 Å². The Kier molecular flexibility index (Phi) is 6.84. The van der Waals surface area contributed by atoms with Crippen LogP contribution >= 0.6 is 11.8 Å². The van der Waals surface area contributed by atoms with Gasteiger partial charge in [0.2, 0.25) is 0 Å². The second-order valence-corrected chi connectivity index (χ2v) is 8.86. The van der Waals surface area contributed by atoms with E-state index in [1.165, 1.54) is 11.8 Å². The van der Waals surface area contributed by atoms with Gasteiger partial charge in [-0.1, -0.05) is 78.5 Å². The van der Waals surface area contributed by atoms with Crippen LogP contribution < -0.4 is 4.74 Å². The fourth-order valence-electron chi connectivity index (χ4n) is 3.74. The number of hydrogen-bond donors (Lipinski definition) is 1. The standard InChI is InChI=1S/C27H24N4O2S/c32-23(18-33-25-14-6-11-21-10-4-5-13-24(21)25)19-34-27-30-29-26(22-12-7-15-28-16-22)31(27)17-20-8-2-1-3-9-20/h1-16,23,32H,17-19H2. The van der Waals surface area contributed by atoms with E-state index < -0.39 is 6.10 Å². The summed E-state index contributed by atoms with van der Waals surface area (Å²) in [6.07, 6.45) is 2.86. The molecule has 0 amide bonds. The number of benzene rings is 3. The highest BCUT2D eigenvalue weighted by atomic mass is 32.2. The Bertz CT molecular complexity index is 1350. The van der Waals surface area contributed by atoms with E-state index in [2.05, 4.69) is 31.9 Å². The number of aromatic nitrogens is 4. The lowest BCUT2D eigenvalue weighted by atomic mass is 10.1. The van der Waals surface area contributed by atoms with Crippen LogP contribution in [0.1, 0.15) is 5.56 Å². The average molecular weight is 469 g/mol. The van der Waals surface area contributed by atoms with Gasteiger partial charge in [0.25, 0.3) is 0 Å². The van der Waals surface area contributed by atoms with Crippen molar-refractivity contribution in [3.05, 3.63) is 103 Å². The summed E-state index contributed by atoms with van der Waals surface area (Å²) in [4.78, 5) is 4.22. The maximum absolute atomic E-state index is 10.6. The first kappa shape index (κ1) is 22.1. The third kappa shape index (κ3) is 5.11. The fraction of sp³-hybridized carbons (Fsp3) is 0.148. The smallest absolute Gasteiger partial charge is 0.191 e. The third-order valence-electron chi connectivity index (χ3n) is 5.41. The lowest BCUT2D eigenvalue weighted by molar-refractivity contribution is 0.127. The van der Waals surface area contributed by atoms with Gasteiger partial charge in [0, 0.05) is 29.1 Å². The monoisotopic (exact) mass is 468 g/mol. The highest BCUT2D eigenvalue weighted by molar-refractivity contribution is 7.99. The molecule has 0 aliphatic carbocycles. The minimum absolute atomic E-state index is 0.198. The van der Waals surface area contributed by atoms with E-state index in [1.54, 1.807) is 12.4 Å². The van der Waals surface area contributed by atoms with Crippen molar-refractivity contribution in [1.82, 2.24) is 19.7 Å². The quantitative estimate of drug-likeness (QED) is 0.304. The van der Waals surface area contributed by atoms with Crippen LogP contribution in [0.3, 0.4) is 0 Å². The van der Waals surface area contributed by atoms with Crippen LogP contribution in [0.2, 0.25) is 0 Å². The molecule has 170 valence electrons. The van der Waals surface area contributed by atoms with Gasteiger partial charge in [-0.3, -0.25) is 9.55 Å². The van der Waals surface area contributed by atoms with Crippen molar-refractivity contribution >= 4 is 22.5 Å². The van der Waals surface area contributed by atoms with Gasteiger partial charge in [-0.15, -0.1) is 10.2 Å². The van der Waals surface area contributed by atoms with Gasteiger partial charge in [0.15, 0.2) is 11.0 Å². The van der Waals surface area contributed by atoms with Crippen LogP contribution in [0.25, 0.3) is 22.2 Å². The SMILES string of the molecule is OC(COc1cccc2ccccc12)CSc1nnc(-c2cccnc2)n1Cc1ccccc1. The molecule has 2 aromatic heterocycles. The van der Waals surface area contributed by atoms with E-state index >= 15 is 0 Å². The van der Waals surface area contributed by atoms with Crippen LogP contribution in [0, 0.1) is 0 Å². The second kappa shape index (κ2) is 10.5. The highest BCUT2D eigenvalue weighted by Gasteiger charge is 2.17. The minimum atomic E-state index is -0.660. The Balaban J connectivity index is 1.29. The molecule has 2 heterocycles. The van der Waals surface area contributed by atoms with Gasteiger partial charge in [-0.2, -0.15) is 0 Å². The molecule has 1 unspecified atom stereocenters. The molecule has 0 aliphatic heterocycles. The number of rotatable bonds is 9. The van der Waals surface area contributed by atoms with Crippen molar-refractivity contribution in [2.24, 2.45) is 0 Å². The van der Waals surface area contributed by atoms with Gasteiger partial charge >= 0.3 is 0 Å². The molecule has 0 radical (unpaired) electrons. The summed E-state index contributed by atoms with van der Waals surface area (Å²) in [5.41, 5.74) is 2.05. The first-order chi connectivity index (χ1) is 16.8. The molecule has 3 aromatic carbocycles. The summed E-state index contributed by atoms with van der Waals surface area (Å²) in [5, 5.41) is 22.4. The summed E-state index contributed by atoms with van der Waals surface area (Å²) >= 11 is 1.47. The van der Waals surface area contributed by atoms with E-state index in [0.29, 0.717) is 12.3 Å². The second-order valence-electron chi connectivity index (χ2n) is 7.87. The minimum Gasteiger partial charge on any atom is -0.490 e. The van der Waals surface area contributed by atoms with E-state index in [0.717, 1.165) is 38.6 Å². The number of nitrogens with zero attached hydrogens (tertiary/aromatic N) is 4. The van der Waals surface area contributed by atoms with Crippen LogP contribution in [0.5, 0.6) is 5.75 Å². The maximum Gasteiger partial charge on any atom is 0.191 e. The molecule has 0 spiro atoms. The predicted molar refractivity (Wildman–Crippen MR) is 135 cm³/mol. The van der Waals surface area contributed by atoms with Crippen LogP contribution in [-0.2, 0) is 6.54 Å². The molecule has 0 fully saturated rings. The van der Waals surface area contributed by atoms with Crippen molar-refractivity contribution in [2.45, 2.75) is 17.8 Å². The molecule has 34 heavy (non-hydrogen) atoms. The van der Waals surface area contributed by atoms with Crippen molar-refractivity contribution in [3.63, 3.8) is 0 Å². The van der Waals surface area contributed by atoms with Crippen molar-refractivity contribution < 1.29 is 9.84 Å². The van der Waals surface area contributed by atoms with E-state index in [-0.39, 0.29) is 6.61 Å². The first-order valence-electron chi connectivity index (χ1n) is 11.1. The van der Waals surface area contributed by atoms with Crippen LogP contribution in [-0.4, -0.2) is 43.3 Å². The molecule has 5 rings (SSSR count). The zero-order valence-electron chi connectivity index (χ0n) is 18.5. The third-order valence-corrected chi connectivity index (χ3v) is 6.52. The molecule has 0 saturated carbocycles. The number of ether oxygens (including phenoxy) is 1. The molecule has 0 bridgehead atoms. The number of thioether (sulfide) groups is 1. The summed E-state index contributed by atoms with van der Waals surface area (Å²) < 4.78 is 8.02. The fourth-order valence-corrected chi connectivity index (χ4v) is 4.58. The number of pyridine rings is 1. The van der Waals surface area contributed by atoms with E-state index in [4.69, 9.17) is 4.74 Å². The zero-order chi connectivity index (χ0) is 23.2. The van der Waals surface area contributed by atoms with E-state index in [9.17, 15) is 5.11 Å². The predicted octanol–water partition coefficient (Wildman–Crippen LogP) is 5.07. The van der Waals surface area contributed by atoms with Crippen LogP contribution in [0.4, 0.5) is 0 Å². The Morgan fingerprint density at radius 1 is 0.882 bits per heavy atom. The zero-order valence-corrected chi connectivity index (χ0v) is 19.3. The Hall–Kier alpha value is -3.68. The first-order valence-corrected chi connectivity index (χ1v) is 12.1. The van der Waals surface area contributed by atoms with Crippen molar-refractivity contribution in [2.75, 3.05) is 12.4 Å². The molecular weight excluding hydrogens is 444 g/mol. The summed E-state index contributed by atoms with van der Waals surface area (Å²) in [7, 11) is 0. The Morgan fingerprint density at radius 2 is 1.71 bits per heavy atom.